The second-order valence-corrected chi connectivity index (χ2v) is 4.54. The van der Waals surface area contributed by atoms with Gasteiger partial charge >= 0.3 is 0 Å². The second-order valence-electron chi connectivity index (χ2n) is 4.54. The van der Waals surface area contributed by atoms with Crippen molar-refractivity contribution in [1.82, 2.24) is 6.15 Å². The van der Waals surface area contributed by atoms with E-state index >= 15 is 0 Å². The number of quaternary nitrogens is 1. The molecule has 0 saturated carbocycles. The molecule has 14 heavy (non-hydrogen) atoms. The summed E-state index contributed by atoms with van der Waals surface area (Å²) >= 11 is 0. The third kappa shape index (κ3) is 3.90. The lowest BCUT2D eigenvalue weighted by Gasteiger charge is -2.36. The molecule has 1 rings (SSSR count). The lowest BCUT2D eigenvalue weighted by atomic mass is 9.85. The summed E-state index contributed by atoms with van der Waals surface area (Å²) in [6.07, 6.45) is 0.111. The quantitative estimate of drug-likeness (QED) is 0.773. The number of rotatable bonds is 2. The van der Waals surface area contributed by atoms with Crippen LogP contribution in [-0.4, -0.2) is 6.10 Å². The Labute approximate surface area is 86.6 Å². The molecule has 0 heterocycles. The van der Waals surface area contributed by atoms with Gasteiger partial charge in [0.25, 0.3) is 0 Å². The van der Waals surface area contributed by atoms with E-state index in [-0.39, 0.29) is 11.6 Å². The molecule has 1 aromatic carbocycles. The van der Waals surface area contributed by atoms with Gasteiger partial charge in [-0.15, -0.1) is 6.10 Å². The Kier molecular flexibility index (Phi) is 4.81. The van der Waals surface area contributed by atoms with Crippen LogP contribution in [0.15, 0.2) is 30.3 Å². The van der Waals surface area contributed by atoms with E-state index in [1.54, 1.807) is 0 Å². The lowest BCUT2D eigenvalue weighted by Crippen LogP contribution is -2.40. The normalized spacial score (nSPS) is 13.1. The highest BCUT2D eigenvalue weighted by molar-refractivity contribution is 5.15. The summed E-state index contributed by atoms with van der Waals surface area (Å²) in [6, 6.07) is 9.95. The molecule has 1 atom stereocenters. The molecule has 0 radical (unpaired) electrons. The third-order valence-corrected chi connectivity index (χ3v) is 2.23. The van der Waals surface area contributed by atoms with E-state index < -0.39 is 6.10 Å². The summed E-state index contributed by atoms with van der Waals surface area (Å²) in [4.78, 5) is 0. The van der Waals surface area contributed by atoms with Crippen LogP contribution in [0.3, 0.4) is 0 Å². The van der Waals surface area contributed by atoms with E-state index in [0.717, 1.165) is 5.56 Å². The Bertz CT molecular complexity index is 251. The Balaban J connectivity index is 0.00000169. The average molecular weight is 195 g/mol. The summed E-state index contributed by atoms with van der Waals surface area (Å²) in [6.45, 7) is 5.98. The molecule has 0 aliphatic heterocycles. The molecule has 0 fully saturated rings. The SMILES string of the molecule is CC(C)(C)C([O-])Cc1ccccc1.[NH4+]. The van der Waals surface area contributed by atoms with Crippen LogP contribution >= 0.6 is 0 Å². The van der Waals surface area contributed by atoms with Crippen LogP contribution in [0.1, 0.15) is 26.3 Å². The van der Waals surface area contributed by atoms with Crippen molar-refractivity contribution in [2.45, 2.75) is 33.3 Å². The minimum absolute atomic E-state index is 0. The fourth-order valence-electron chi connectivity index (χ4n) is 1.13. The van der Waals surface area contributed by atoms with Gasteiger partial charge in [0.05, 0.1) is 0 Å². The average Bonchev–Trinajstić information content (AvgIpc) is 2.04. The van der Waals surface area contributed by atoms with Crippen LogP contribution in [-0.2, 0) is 6.42 Å². The first-order valence-electron chi connectivity index (χ1n) is 4.70. The molecule has 0 amide bonds. The van der Waals surface area contributed by atoms with Gasteiger partial charge in [0.2, 0.25) is 0 Å². The lowest BCUT2D eigenvalue weighted by molar-refractivity contribution is -0.442. The molecular weight excluding hydrogens is 174 g/mol. The molecule has 1 unspecified atom stereocenters. The molecule has 0 aromatic heterocycles. The van der Waals surface area contributed by atoms with E-state index in [2.05, 4.69) is 0 Å². The first-order chi connectivity index (χ1) is 6.00. The Hall–Kier alpha value is -0.860. The summed E-state index contributed by atoms with van der Waals surface area (Å²) in [7, 11) is 0. The molecule has 2 nitrogen and oxygen atoms in total. The predicted octanol–water partition coefficient (Wildman–Crippen LogP) is 2.38. The van der Waals surface area contributed by atoms with E-state index in [4.69, 9.17) is 0 Å². The van der Waals surface area contributed by atoms with Crippen LogP contribution in [0.4, 0.5) is 0 Å². The van der Waals surface area contributed by atoms with Gasteiger partial charge in [-0.1, -0.05) is 56.5 Å². The predicted molar refractivity (Wildman–Crippen MR) is 59.4 cm³/mol. The minimum Gasteiger partial charge on any atom is -0.851 e. The van der Waals surface area contributed by atoms with Gasteiger partial charge in [-0.2, -0.15) is 0 Å². The van der Waals surface area contributed by atoms with E-state index in [9.17, 15) is 5.11 Å². The molecule has 0 aliphatic carbocycles. The first-order valence-corrected chi connectivity index (χ1v) is 4.70. The summed E-state index contributed by atoms with van der Waals surface area (Å²) in [5.41, 5.74) is 0.993. The van der Waals surface area contributed by atoms with Crippen molar-refractivity contribution < 1.29 is 5.11 Å². The van der Waals surface area contributed by atoms with Crippen LogP contribution in [0, 0.1) is 5.41 Å². The molecule has 0 bridgehead atoms. The molecule has 0 aliphatic rings. The number of hydrogen-bond donors (Lipinski definition) is 1. The largest absolute Gasteiger partial charge is 0.851 e. The molecule has 2 heteroatoms. The monoisotopic (exact) mass is 195 g/mol. The van der Waals surface area contributed by atoms with E-state index in [1.807, 2.05) is 51.1 Å². The van der Waals surface area contributed by atoms with Crippen molar-refractivity contribution in [3.05, 3.63) is 35.9 Å². The van der Waals surface area contributed by atoms with Gasteiger partial charge in [-0.05, 0) is 12.0 Å². The topological polar surface area (TPSA) is 59.6 Å². The summed E-state index contributed by atoms with van der Waals surface area (Å²) in [5.74, 6) is 0. The van der Waals surface area contributed by atoms with Crippen molar-refractivity contribution in [2.24, 2.45) is 5.41 Å². The van der Waals surface area contributed by atoms with Crippen molar-refractivity contribution in [3.8, 4) is 0 Å². The minimum atomic E-state index is -0.519. The summed E-state index contributed by atoms with van der Waals surface area (Å²) in [5, 5.41) is 11.7. The van der Waals surface area contributed by atoms with E-state index in [1.165, 1.54) is 0 Å². The highest BCUT2D eigenvalue weighted by Gasteiger charge is 2.14. The summed E-state index contributed by atoms with van der Waals surface area (Å²) < 4.78 is 0. The van der Waals surface area contributed by atoms with Crippen LogP contribution < -0.4 is 11.3 Å². The van der Waals surface area contributed by atoms with E-state index in [0.29, 0.717) is 6.42 Å². The second kappa shape index (κ2) is 5.13. The van der Waals surface area contributed by atoms with Gasteiger partial charge in [-0.3, -0.25) is 0 Å². The van der Waals surface area contributed by atoms with Crippen molar-refractivity contribution in [3.63, 3.8) is 0 Å². The van der Waals surface area contributed by atoms with Gasteiger partial charge in [-0.25, -0.2) is 0 Å². The molecule has 80 valence electrons. The Morgan fingerprint density at radius 1 is 1.14 bits per heavy atom. The zero-order valence-corrected chi connectivity index (χ0v) is 9.58. The molecule has 1 aromatic rings. The smallest absolute Gasteiger partial charge is 0.0400 e. The van der Waals surface area contributed by atoms with Crippen LogP contribution in [0.2, 0.25) is 0 Å². The van der Waals surface area contributed by atoms with Crippen molar-refractivity contribution >= 4 is 0 Å². The zero-order chi connectivity index (χ0) is 9.90. The maximum atomic E-state index is 11.7. The zero-order valence-electron chi connectivity index (χ0n) is 9.58. The van der Waals surface area contributed by atoms with Gasteiger partial charge in [0.15, 0.2) is 0 Å². The van der Waals surface area contributed by atoms with Crippen LogP contribution in [0.25, 0.3) is 0 Å². The first kappa shape index (κ1) is 13.1. The maximum absolute atomic E-state index is 11.7. The van der Waals surface area contributed by atoms with Gasteiger partial charge < -0.3 is 11.3 Å². The molecular formula is C12H21NO. The highest BCUT2D eigenvalue weighted by Crippen LogP contribution is 2.20. The molecule has 4 N–H and O–H groups in total. The molecule has 0 spiro atoms. The fraction of sp³-hybridized carbons (Fsp3) is 0.500. The van der Waals surface area contributed by atoms with Gasteiger partial charge in [0.1, 0.15) is 0 Å². The number of hydrogen-bond acceptors (Lipinski definition) is 1. The highest BCUT2D eigenvalue weighted by atomic mass is 16.3. The Morgan fingerprint density at radius 3 is 2.07 bits per heavy atom. The third-order valence-electron chi connectivity index (χ3n) is 2.23. The fourth-order valence-corrected chi connectivity index (χ4v) is 1.13. The van der Waals surface area contributed by atoms with Crippen LogP contribution in [0.5, 0.6) is 0 Å². The standard InChI is InChI=1S/C12H17O.H3N/c1-12(2,3)11(13)9-10-7-5-4-6-8-10;/h4-8,11H,9H2,1-3H3;1H3/q-1;/p+1. The maximum Gasteiger partial charge on any atom is -0.0400 e. The number of benzene rings is 1. The van der Waals surface area contributed by atoms with Crippen molar-refractivity contribution in [2.75, 3.05) is 0 Å². The van der Waals surface area contributed by atoms with Crippen molar-refractivity contribution in [1.29, 1.82) is 0 Å². The Morgan fingerprint density at radius 2 is 1.64 bits per heavy atom. The molecule has 0 saturated heterocycles. The van der Waals surface area contributed by atoms with Gasteiger partial charge in [0, 0.05) is 0 Å².